The Morgan fingerprint density at radius 2 is 1.87 bits per heavy atom. The molecule has 0 unspecified atom stereocenters. The van der Waals surface area contributed by atoms with Crippen molar-refractivity contribution < 1.29 is 13.2 Å². The summed E-state index contributed by atoms with van der Waals surface area (Å²) in [6.07, 6.45) is 5.20. The van der Waals surface area contributed by atoms with Crippen LogP contribution in [0.4, 0.5) is 0 Å². The van der Waals surface area contributed by atoms with Gasteiger partial charge in [0.15, 0.2) is 0 Å². The molecule has 1 aliphatic carbocycles. The van der Waals surface area contributed by atoms with Gasteiger partial charge in [-0.05, 0) is 25.0 Å². The van der Waals surface area contributed by atoms with E-state index in [1.807, 2.05) is 12.1 Å². The van der Waals surface area contributed by atoms with E-state index in [9.17, 15) is 13.2 Å². The van der Waals surface area contributed by atoms with E-state index in [2.05, 4.69) is 4.98 Å². The second-order valence-corrected chi connectivity index (χ2v) is 12.2. The van der Waals surface area contributed by atoms with Crippen molar-refractivity contribution in [3.05, 3.63) is 27.5 Å². The van der Waals surface area contributed by atoms with Crippen LogP contribution in [0.1, 0.15) is 42.6 Å². The van der Waals surface area contributed by atoms with Crippen molar-refractivity contribution >= 4 is 50.4 Å². The third-order valence-electron chi connectivity index (χ3n) is 5.81. The number of hydrogen-bond acceptors (Lipinski definition) is 6. The Morgan fingerprint density at radius 3 is 2.50 bits per heavy atom. The van der Waals surface area contributed by atoms with Crippen LogP contribution in [0.5, 0.6) is 0 Å². The van der Waals surface area contributed by atoms with Gasteiger partial charge in [-0.15, -0.1) is 22.7 Å². The maximum atomic E-state index is 13.0. The number of carbonyl (C=O) groups is 1. The molecule has 0 radical (unpaired) electrons. The van der Waals surface area contributed by atoms with E-state index in [1.54, 1.807) is 21.6 Å². The lowest BCUT2D eigenvalue weighted by atomic mass is 9.96. The van der Waals surface area contributed by atoms with Gasteiger partial charge in [0, 0.05) is 44.6 Å². The zero-order valence-corrected chi connectivity index (χ0v) is 20.0. The van der Waals surface area contributed by atoms with E-state index >= 15 is 0 Å². The first kappa shape index (κ1) is 22.2. The van der Waals surface area contributed by atoms with Crippen LogP contribution >= 0.6 is 34.3 Å². The number of piperazine rings is 1. The van der Waals surface area contributed by atoms with Crippen LogP contribution in [0.15, 0.2) is 17.5 Å². The molecule has 7 nitrogen and oxygen atoms in total. The van der Waals surface area contributed by atoms with Crippen molar-refractivity contribution in [3.63, 3.8) is 0 Å². The molecular formula is C19H25ClN4O3S3. The molecule has 4 rings (SSSR count). The topological polar surface area (TPSA) is 73.8 Å². The number of thiophene rings is 1. The molecule has 2 fully saturated rings. The Morgan fingerprint density at radius 1 is 1.17 bits per heavy atom. The normalized spacial score (nSPS) is 19.5. The van der Waals surface area contributed by atoms with Gasteiger partial charge in [0.25, 0.3) is 16.1 Å². The lowest BCUT2D eigenvalue weighted by Crippen LogP contribution is -2.55. The molecule has 0 bridgehead atoms. The Kier molecular flexibility index (Phi) is 6.81. The molecule has 30 heavy (non-hydrogen) atoms. The van der Waals surface area contributed by atoms with Crippen molar-refractivity contribution in [2.75, 3.05) is 33.2 Å². The van der Waals surface area contributed by atoms with Crippen molar-refractivity contribution in [2.45, 2.75) is 38.1 Å². The second-order valence-electron chi connectivity index (χ2n) is 7.65. The summed E-state index contributed by atoms with van der Waals surface area (Å²) in [6.45, 7) is 1.36. The number of halogens is 1. The number of rotatable bonds is 5. The van der Waals surface area contributed by atoms with Gasteiger partial charge >= 0.3 is 0 Å². The Hall–Kier alpha value is -1.04. The molecular weight excluding hydrogens is 464 g/mol. The van der Waals surface area contributed by atoms with Crippen LogP contribution in [0.25, 0.3) is 9.88 Å². The third-order valence-corrected chi connectivity index (χ3v) is 10.1. The predicted molar refractivity (Wildman–Crippen MR) is 121 cm³/mol. The highest BCUT2D eigenvalue weighted by molar-refractivity contribution is 7.86. The fourth-order valence-electron chi connectivity index (χ4n) is 4.01. The van der Waals surface area contributed by atoms with Crippen molar-refractivity contribution in [1.29, 1.82) is 0 Å². The van der Waals surface area contributed by atoms with Crippen molar-refractivity contribution in [2.24, 2.45) is 0 Å². The summed E-state index contributed by atoms with van der Waals surface area (Å²) >= 11 is 8.83. The zero-order valence-electron chi connectivity index (χ0n) is 16.8. The smallest absolute Gasteiger partial charge is 0.282 e. The molecule has 1 saturated carbocycles. The summed E-state index contributed by atoms with van der Waals surface area (Å²) in [6, 6.07) is 3.80. The number of hydrogen-bond donors (Lipinski definition) is 0. The highest BCUT2D eigenvalue weighted by Crippen LogP contribution is 2.33. The first-order chi connectivity index (χ1) is 14.4. The minimum Gasteiger partial charge on any atom is -0.335 e. The van der Waals surface area contributed by atoms with E-state index in [1.165, 1.54) is 33.4 Å². The summed E-state index contributed by atoms with van der Waals surface area (Å²) in [4.78, 5) is 19.9. The van der Waals surface area contributed by atoms with Gasteiger partial charge in [0.1, 0.15) is 10.7 Å². The molecule has 1 aliphatic heterocycles. The van der Waals surface area contributed by atoms with Crippen LogP contribution in [0.2, 0.25) is 4.34 Å². The molecule has 2 aromatic rings. The maximum absolute atomic E-state index is 13.0. The van der Waals surface area contributed by atoms with Crippen LogP contribution in [0.3, 0.4) is 0 Å². The fourth-order valence-corrected chi connectivity index (χ4v) is 7.50. The van der Waals surface area contributed by atoms with Gasteiger partial charge in [0.2, 0.25) is 0 Å². The van der Waals surface area contributed by atoms with Gasteiger partial charge in [-0.25, -0.2) is 4.98 Å². The molecule has 3 heterocycles. The van der Waals surface area contributed by atoms with Gasteiger partial charge in [-0.2, -0.15) is 17.0 Å². The standard InChI is InChI=1S/C19H25ClN4O3S3/c1-22(14-5-3-2-4-6-14)30(26,27)24-11-9-23(10-12-24)19(25)15-13-28-18(21-15)16-7-8-17(20)29-16/h7-8,13-14H,2-6,9-12H2,1H3. The number of aromatic nitrogens is 1. The highest BCUT2D eigenvalue weighted by Gasteiger charge is 2.35. The maximum Gasteiger partial charge on any atom is 0.282 e. The highest BCUT2D eigenvalue weighted by atomic mass is 35.5. The van der Waals surface area contributed by atoms with Crippen LogP contribution < -0.4 is 0 Å². The number of thiazole rings is 1. The number of carbonyl (C=O) groups excluding carboxylic acids is 1. The lowest BCUT2D eigenvalue weighted by Gasteiger charge is -2.38. The molecule has 0 spiro atoms. The Bertz CT molecular complexity index is 992. The monoisotopic (exact) mass is 488 g/mol. The SMILES string of the molecule is CN(C1CCCCC1)S(=O)(=O)N1CCN(C(=O)c2csc(-c3ccc(Cl)s3)n2)CC1. The number of nitrogens with zero attached hydrogens (tertiary/aromatic N) is 4. The summed E-state index contributed by atoms with van der Waals surface area (Å²) in [7, 11) is -1.81. The Labute approximate surface area is 190 Å². The first-order valence-corrected chi connectivity index (χ1v) is 13.6. The predicted octanol–water partition coefficient (Wildman–Crippen LogP) is 3.79. The van der Waals surface area contributed by atoms with E-state index < -0.39 is 10.2 Å². The summed E-state index contributed by atoms with van der Waals surface area (Å²) in [5.41, 5.74) is 0.398. The first-order valence-electron chi connectivity index (χ1n) is 10.1. The van der Waals surface area contributed by atoms with Gasteiger partial charge in [-0.1, -0.05) is 30.9 Å². The van der Waals surface area contributed by atoms with Crippen molar-refractivity contribution in [1.82, 2.24) is 18.5 Å². The van der Waals surface area contributed by atoms with Crippen LogP contribution in [-0.2, 0) is 10.2 Å². The fraction of sp³-hybridized carbons (Fsp3) is 0.579. The minimum absolute atomic E-state index is 0.0857. The molecule has 0 aromatic carbocycles. The summed E-state index contributed by atoms with van der Waals surface area (Å²) in [5.74, 6) is -0.155. The lowest BCUT2D eigenvalue weighted by molar-refractivity contribution is 0.0688. The molecule has 0 N–H and O–H groups in total. The summed E-state index contributed by atoms with van der Waals surface area (Å²) < 4.78 is 29.8. The van der Waals surface area contributed by atoms with E-state index in [4.69, 9.17) is 11.6 Å². The van der Waals surface area contributed by atoms with E-state index in [0.29, 0.717) is 36.2 Å². The largest absolute Gasteiger partial charge is 0.335 e. The molecule has 11 heteroatoms. The third kappa shape index (κ3) is 4.58. The quantitative estimate of drug-likeness (QED) is 0.641. The van der Waals surface area contributed by atoms with Gasteiger partial charge in [0.05, 0.1) is 9.21 Å². The molecule has 164 valence electrons. The van der Waals surface area contributed by atoms with Crippen molar-refractivity contribution in [3.8, 4) is 9.88 Å². The van der Waals surface area contributed by atoms with E-state index in [-0.39, 0.29) is 11.9 Å². The van der Waals surface area contributed by atoms with E-state index in [0.717, 1.165) is 35.6 Å². The molecule has 0 atom stereocenters. The molecule has 1 saturated heterocycles. The molecule has 2 aliphatic rings. The average Bonchev–Trinajstić information content (AvgIpc) is 3.42. The molecule has 1 amide bonds. The molecule has 2 aromatic heterocycles. The van der Waals surface area contributed by atoms with Gasteiger partial charge in [-0.3, -0.25) is 4.79 Å². The van der Waals surface area contributed by atoms with Crippen LogP contribution in [-0.4, -0.2) is 72.1 Å². The summed E-state index contributed by atoms with van der Waals surface area (Å²) in [5, 5.41) is 2.52. The minimum atomic E-state index is -3.50. The van der Waals surface area contributed by atoms with Crippen LogP contribution in [0, 0.1) is 0 Å². The zero-order chi connectivity index (χ0) is 21.3. The average molecular weight is 489 g/mol. The van der Waals surface area contributed by atoms with Gasteiger partial charge < -0.3 is 4.90 Å². The Balaban J connectivity index is 1.37. The number of amides is 1. The second kappa shape index (κ2) is 9.22.